The third-order valence-corrected chi connectivity index (χ3v) is 2.44. The van der Waals surface area contributed by atoms with Crippen LogP contribution in [0.3, 0.4) is 0 Å². The van der Waals surface area contributed by atoms with Gasteiger partial charge in [-0.3, -0.25) is 9.78 Å². The van der Waals surface area contributed by atoms with Crippen molar-refractivity contribution in [3.05, 3.63) is 42.5 Å². The second-order valence-corrected chi connectivity index (χ2v) is 3.95. The molecule has 0 saturated carbocycles. The Balaban J connectivity index is 1.71. The average Bonchev–Trinajstić information content (AvgIpc) is 2.81. The van der Waals surface area contributed by atoms with Gasteiger partial charge in [0.25, 0.3) is 5.91 Å². The fraction of sp³-hybridized carbons (Fsp3) is 0.333. The van der Waals surface area contributed by atoms with Gasteiger partial charge < -0.3 is 9.88 Å². The molecule has 2 heterocycles. The SMILES string of the molecule is Cc1cn(CCCNC(=O)c2cnccn2)cn1. The summed E-state index contributed by atoms with van der Waals surface area (Å²) in [4.78, 5) is 23.5. The minimum atomic E-state index is -0.190. The van der Waals surface area contributed by atoms with Crippen LogP contribution in [0.1, 0.15) is 22.6 Å². The normalized spacial score (nSPS) is 10.3. The lowest BCUT2D eigenvalue weighted by Gasteiger charge is -2.04. The van der Waals surface area contributed by atoms with E-state index in [0.29, 0.717) is 12.2 Å². The summed E-state index contributed by atoms with van der Waals surface area (Å²) in [5.74, 6) is -0.190. The number of amides is 1. The highest BCUT2D eigenvalue weighted by atomic mass is 16.1. The third kappa shape index (κ3) is 3.38. The Hall–Kier alpha value is -2.24. The van der Waals surface area contributed by atoms with Crippen LogP contribution < -0.4 is 5.32 Å². The van der Waals surface area contributed by atoms with Crippen LogP contribution in [-0.4, -0.2) is 32.0 Å². The quantitative estimate of drug-likeness (QED) is 0.791. The van der Waals surface area contributed by atoms with Gasteiger partial charge in [-0.1, -0.05) is 0 Å². The number of carbonyl (C=O) groups excluding carboxylic acids is 1. The Morgan fingerprint density at radius 3 is 2.94 bits per heavy atom. The lowest BCUT2D eigenvalue weighted by molar-refractivity contribution is 0.0947. The van der Waals surface area contributed by atoms with Crippen molar-refractivity contribution < 1.29 is 4.79 Å². The number of hydrogen-bond acceptors (Lipinski definition) is 4. The molecule has 0 spiro atoms. The fourth-order valence-electron chi connectivity index (χ4n) is 1.56. The zero-order valence-corrected chi connectivity index (χ0v) is 10.2. The number of nitrogens with one attached hydrogen (secondary N) is 1. The summed E-state index contributed by atoms with van der Waals surface area (Å²) < 4.78 is 2.00. The van der Waals surface area contributed by atoms with Crippen LogP contribution in [0.15, 0.2) is 31.1 Å². The van der Waals surface area contributed by atoms with Crippen molar-refractivity contribution in [2.45, 2.75) is 19.9 Å². The monoisotopic (exact) mass is 245 g/mol. The van der Waals surface area contributed by atoms with Crippen LogP contribution in [0.4, 0.5) is 0 Å². The molecule has 0 aliphatic carbocycles. The number of carbonyl (C=O) groups is 1. The molecule has 1 N–H and O–H groups in total. The molecule has 6 nitrogen and oxygen atoms in total. The van der Waals surface area contributed by atoms with E-state index in [1.54, 1.807) is 6.33 Å². The molecule has 2 rings (SSSR count). The molecule has 0 atom stereocenters. The minimum Gasteiger partial charge on any atom is -0.351 e. The second kappa shape index (κ2) is 5.90. The van der Waals surface area contributed by atoms with Crippen molar-refractivity contribution in [2.75, 3.05) is 6.54 Å². The molecule has 0 radical (unpaired) electrons. The molecule has 94 valence electrons. The first-order valence-corrected chi connectivity index (χ1v) is 5.78. The van der Waals surface area contributed by atoms with Crippen LogP contribution in [0.2, 0.25) is 0 Å². The summed E-state index contributed by atoms with van der Waals surface area (Å²) >= 11 is 0. The van der Waals surface area contributed by atoms with E-state index in [0.717, 1.165) is 18.7 Å². The van der Waals surface area contributed by atoms with Crippen molar-refractivity contribution in [2.24, 2.45) is 0 Å². The average molecular weight is 245 g/mol. The van der Waals surface area contributed by atoms with Gasteiger partial charge in [-0.05, 0) is 13.3 Å². The summed E-state index contributed by atoms with van der Waals surface area (Å²) in [6.07, 6.45) is 9.11. The Morgan fingerprint density at radius 1 is 1.39 bits per heavy atom. The van der Waals surface area contributed by atoms with Crippen molar-refractivity contribution in [3.63, 3.8) is 0 Å². The molecule has 6 heteroatoms. The number of hydrogen-bond donors (Lipinski definition) is 1. The predicted molar refractivity (Wildman–Crippen MR) is 65.9 cm³/mol. The molecule has 0 fully saturated rings. The summed E-state index contributed by atoms with van der Waals surface area (Å²) in [7, 11) is 0. The van der Waals surface area contributed by atoms with Gasteiger partial charge in [0.05, 0.1) is 18.2 Å². The highest BCUT2D eigenvalue weighted by molar-refractivity contribution is 5.91. The second-order valence-electron chi connectivity index (χ2n) is 3.95. The Bertz CT molecular complexity index is 508. The molecule has 0 saturated heterocycles. The number of aromatic nitrogens is 4. The summed E-state index contributed by atoms with van der Waals surface area (Å²) in [6, 6.07) is 0. The Labute approximate surface area is 105 Å². The van der Waals surface area contributed by atoms with Crippen LogP contribution in [0.25, 0.3) is 0 Å². The van der Waals surface area contributed by atoms with Crippen LogP contribution in [0.5, 0.6) is 0 Å². The largest absolute Gasteiger partial charge is 0.351 e. The maximum absolute atomic E-state index is 11.6. The van der Waals surface area contributed by atoms with Crippen LogP contribution >= 0.6 is 0 Å². The van der Waals surface area contributed by atoms with E-state index >= 15 is 0 Å². The van der Waals surface area contributed by atoms with E-state index < -0.39 is 0 Å². The van der Waals surface area contributed by atoms with Crippen molar-refractivity contribution in [3.8, 4) is 0 Å². The first-order valence-electron chi connectivity index (χ1n) is 5.78. The maximum atomic E-state index is 11.6. The lowest BCUT2D eigenvalue weighted by Crippen LogP contribution is -2.26. The van der Waals surface area contributed by atoms with Gasteiger partial charge in [0.1, 0.15) is 5.69 Å². The molecular weight excluding hydrogens is 230 g/mol. The van der Waals surface area contributed by atoms with E-state index in [1.165, 1.54) is 18.6 Å². The molecule has 1 amide bonds. The molecule has 0 aliphatic rings. The predicted octanol–water partition coefficient (Wildman–Crippen LogP) is 0.802. The fourth-order valence-corrected chi connectivity index (χ4v) is 1.56. The van der Waals surface area contributed by atoms with Gasteiger partial charge in [0, 0.05) is 31.7 Å². The first-order chi connectivity index (χ1) is 8.75. The number of nitrogens with zero attached hydrogens (tertiary/aromatic N) is 4. The minimum absolute atomic E-state index is 0.190. The number of aryl methyl sites for hydroxylation is 2. The van der Waals surface area contributed by atoms with Gasteiger partial charge in [0.15, 0.2) is 0 Å². The maximum Gasteiger partial charge on any atom is 0.271 e. The molecule has 0 aliphatic heterocycles. The standard InChI is InChI=1S/C12H15N5O/c1-10-8-17(9-16-10)6-2-3-15-12(18)11-7-13-4-5-14-11/h4-5,7-9H,2-3,6H2,1H3,(H,15,18). The lowest BCUT2D eigenvalue weighted by atomic mass is 10.3. The highest BCUT2D eigenvalue weighted by Crippen LogP contribution is 1.95. The van der Waals surface area contributed by atoms with Crippen molar-refractivity contribution in [1.82, 2.24) is 24.8 Å². The van der Waals surface area contributed by atoms with Gasteiger partial charge >= 0.3 is 0 Å². The molecule has 0 unspecified atom stereocenters. The van der Waals surface area contributed by atoms with E-state index in [-0.39, 0.29) is 5.91 Å². The van der Waals surface area contributed by atoms with Crippen LogP contribution in [-0.2, 0) is 6.54 Å². The third-order valence-electron chi connectivity index (χ3n) is 2.44. The Morgan fingerprint density at radius 2 is 2.28 bits per heavy atom. The molecule has 2 aromatic heterocycles. The van der Waals surface area contributed by atoms with Gasteiger partial charge in [0.2, 0.25) is 0 Å². The van der Waals surface area contributed by atoms with Crippen molar-refractivity contribution in [1.29, 1.82) is 0 Å². The zero-order chi connectivity index (χ0) is 12.8. The number of rotatable bonds is 5. The summed E-state index contributed by atoms with van der Waals surface area (Å²) in [5, 5.41) is 2.80. The van der Waals surface area contributed by atoms with Gasteiger partial charge in [-0.2, -0.15) is 0 Å². The highest BCUT2D eigenvalue weighted by Gasteiger charge is 2.05. The molecule has 18 heavy (non-hydrogen) atoms. The molecular formula is C12H15N5O. The Kier molecular flexibility index (Phi) is 4.01. The van der Waals surface area contributed by atoms with Crippen molar-refractivity contribution >= 4 is 5.91 Å². The van der Waals surface area contributed by atoms with Gasteiger partial charge in [-0.15, -0.1) is 0 Å². The van der Waals surface area contributed by atoms with E-state index in [9.17, 15) is 4.79 Å². The van der Waals surface area contributed by atoms with Gasteiger partial charge in [-0.25, -0.2) is 9.97 Å². The number of imidazole rings is 1. The summed E-state index contributed by atoms with van der Waals surface area (Å²) in [5.41, 5.74) is 1.34. The molecule has 0 aromatic carbocycles. The summed E-state index contributed by atoms with van der Waals surface area (Å²) in [6.45, 7) is 3.39. The van der Waals surface area contributed by atoms with E-state index in [1.807, 2.05) is 17.7 Å². The molecule has 2 aromatic rings. The zero-order valence-electron chi connectivity index (χ0n) is 10.2. The smallest absolute Gasteiger partial charge is 0.271 e. The topological polar surface area (TPSA) is 72.7 Å². The molecule has 0 bridgehead atoms. The first kappa shape index (κ1) is 12.2. The van der Waals surface area contributed by atoms with Crippen LogP contribution in [0, 0.1) is 6.92 Å². The van der Waals surface area contributed by atoms with E-state index in [2.05, 4.69) is 20.3 Å². The van der Waals surface area contributed by atoms with E-state index in [4.69, 9.17) is 0 Å².